The summed E-state index contributed by atoms with van der Waals surface area (Å²) >= 11 is 0. The molecule has 2 nitrogen and oxygen atoms in total. The van der Waals surface area contributed by atoms with E-state index in [1.807, 2.05) is 0 Å². The van der Waals surface area contributed by atoms with E-state index >= 15 is 0 Å². The lowest BCUT2D eigenvalue weighted by atomic mass is 9.98. The fraction of sp³-hybridized carbons (Fsp3) is 0.588. The first-order valence-electron chi connectivity index (χ1n) is 7.42. The Kier molecular flexibility index (Phi) is 5.15. The molecule has 1 atom stereocenters. The van der Waals surface area contributed by atoms with Crippen molar-refractivity contribution in [1.29, 1.82) is 0 Å². The van der Waals surface area contributed by atoms with Gasteiger partial charge in [-0.2, -0.15) is 0 Å². The van der Waals surface area contributed by atoms with E-state index in [0.29, 0.717) is 5.78 Å². The van der Waals surface area contributed by atoms with Gasteiger partial charge in [-0.3, -0.25) is 4.79 Å². The fourth-order valence-corrected chi connectivity index (χ4v) is 2.94. The number of hydrogen-bond donors (Lipinski definition) is 0. The molecule has 2 rings (SSSR count). The van der Waals surface area contributed by atoms with E-state index in [-0.39, 0.29) is 5.92 Å². The molecule has 0 heterocycles. The number of carbonyl (C=O) groups excluding carboxylic acids is 1. The first-order valence-corrected chi connectivity index (χ1v) is 7.42. The van der Waals surface area contributed by atoms with Gasteiger partial charge in [0.1, 0.15) is 5.78 Å². The molecule has 1 aromatic carbocycles. The predicted molar refractivity (Wildman–Crippen MR) is 79.1 cm³/mol. The first kappa shape index (κ1) is 14.3. The molecule has 0 N–H and O–H groups in total. The summed E-state index contributed by atoms with van der Waals surface area (Å²) in [5.74, 6) is 0.741. The lowest BCUT2D eigenvalue weighted by Gasteiger charge is -2.23. The normalized spacial score (nSPS) is 20.6. The van der Waals surface area contributed by atoms with Crippen molar-refractivity contribution in [3.05, 3.63) is 35.4 Å². The van der Waals surface area contributed by atoms with Crippen LogP contribution in [-0.2, 0) is 11.3 Å². The minimum atomic E-state index is 0.261. The summed E-state index contributed by atoms with van der Waals surface area (Å²) in [5, 5.41) is 0. The van der Waals surface area contributed by atoms with Crippen molar-refractivity contribution in [3.63, 3.8) is 0 Å². The van der Waals surface area contributed by atoms with E-state index < -0.39 is 0 Å². The monoisotopic (exact) mass is 259 g/mol. The quantitative estimate of drug-likeness (QED) is 0.770. The Morgan fingerprint density at radius 2 is 2.00 bits per heavy atom. The van der Waals surface area contributed by atoms with Gasteiger partial charge in [0.25, 0.3) is 0 Å². The van der Waals surface area contributed by atoms with Crippen molar-refractivity contribution in [3.8, 4) is 0 Å². The molecular formula is C17H25NO. The molecule has 1 aliphatic carbocycles. The number of rotatable bonds is 4. The maximum atomic E-state index is 12.0. The molecule has 19 heavy (non-hydrogen) atoms. The van der Waals surface area contributed by atoms with Gasteiger partial charge < -0.3 is 4.90 Å². The van der Waals surface area contributed by atoms with Gasteiger partial charge >= 0.3 is 0 Å². The summed E-state index contributed by atoms with van der Waals surface area (Å²) in [4.78, 5) is 14.3. The Hall–Kier alpha value is -1.15. The molecule has 104 valence electrons. The number of aryl methyl sites for hydroxylation is 1. The second-order valence-corrected chi connectivity index (χ2v) is 5.89. The van der Waals surface area contributed by atoms with Crippen LogP contribution in [-0.4, -0.2) is 24.3 Å². The van der Waals surface area contributed by atoms with Crippen molar-refractivity contribution in [2.24, 2.45) is 5.92 Å². The molecule has 0 saturated heterocycles. The summed E-state index contributed by atoms with van der Waals surface area (Å²) in [6, 6.07) is 8.50. The average molecular weight is 259 g/mol. The van der Waals surface area contributed by atoms with Crippen LogP contribution in [0, 0.1) is 12.8 Å². The minimum Gasteiger partial charge on any atom is -0.301 e. The highest BCUT2D eigenvalue weighted by Gasteiger charge is 2.22. The van der Waals surface area contributed by atoms with Crippen molar-refractivity contribution in [2.75, 3.05) is 13.6 Å². The molecule has 1 fully saturated rings. The highest BCUT2D eigenvalue weighted by molar-refractivity contribution is 5.81. The largest absolute Gasteiger partial charge is 0.301 e. The molecule has 0 aliphatic heterocycles. The fourth-order valence-electron chi connectivity index (χ4n) is 2.94. The van der Waals surface area contributed by atoms with Gasteiger partial charge in [-0.25, -0.2) is 0 Å². The zero-order valence-corrected chi connectivity index (χ0v) is 12.2. The van der Waals surface area contributed by atoms with Crippen LogP contribution in [0.3, 0.4) is 0 Å². The van der Waals surface area contributed by atoms with Crippen LogP contribution < -0.4 is 0 Å². The van der Waals surface area contributed by atoms with Gasteiger partial charge in [-0.05, 0) is 37.9 Å². The zero-order valence-electron chi connectivity index (χ0n) is 12.2. The van der Waals surface area contributed by atoms with Crippen LogP contribution in [0.15, 0.2) is 24.3 Å². The van der Waals surface area contributed by atoms with Gasteiger partial charge in [0.2, 0.25) is 0 Å². The van der Waals surface area contributed by atoms with E-state index in [0.717, 1.165) is 32.4 Å². The number of nitrogens with zero attached hydrogens (tertiary/aromatic N) is 1. The number of hydrogen-bond acceptors (Lipinski definition) is 2. The summed E-state index contributed by atoms with van der Waals surface area (Å²) in [5.41, 5.74) is 2.70. The SMILES string of the molecule is Cc1ccccc1CN(C)CC1CCCCCC1=O. The van der Waals surface area contributed by atoms with Crippen LogP contribution >= 0.6 is 0 Å². The molecular weight excluding hydrogens is 234 g/mol. The smallest absolute Gasteiger partial charge is 0.137 e. The van der Waals surface area contributed by atoms with Crippen LogP contribution in [0.4, 0.5) is 0 Å². The summed E-state index contributed by atoms with van der Waals surface area (Å²) in [6.07, 6.45) is 5.41. The number of benzene rings is 1. The van der Waals surface area contributed by atoms with E-state index in [1.165, 1.54) is 24.0 Å². The summed E-state index contributed by atoms with van der Waals surface area (Å²) in [7, 11) is 2.13. The molecule has 0 aromatic heterocycles. The van der Waals surface area contributed by atoms with Crippen LogP contribution in [0.1, 0.15) is 43.2 Å². The third-order valence-corrected chi connectivity index (χ3v) is 4.16. The van der Waals surface area contributed by atoms with Gasteiger partial charge in [-0.15, -0.1) is 0 Å². The van der Waals surface area contributed by atoms with E-state index in [1.54, 1.807) is 0 Å². The topological polar surface area (TPSA) is 20.3 Å². The summed E-state index contributed by atoms with van der Waals surface area (Å²) < 4.78 is 0. The second-order valence-electron chi connectivity index (χ2n) is 5.89. The Bertz CT molecular complexity index is 427. The Balaban J connectivity index is 1.91. The molecule has 0 radical (unpaired) electrons. The Morgan fingerprint density at radius 1 is 1.21 bits per heavy atom. The molecule has 1 unspecified atom stereocenters. The zero-order chi connectivity index (χ0) is 13.7. The first-order chi connectivity index (χ1) is 9.16. The molecule has 1 saturated carbocycles. The third-order valence-electron chi connectivity index (χ3n) is 4.16. The van der Waals surface area contributed by atoms with Gasteiger partial charge in [0.15, 0.2) is 0 Å². The van der Waals surface area contributed by atoms with Crippen molar-refractivity contribution < 1.29 is 4.79 Å². The summed E-state index contributed by atoms with van der Waals surface area (Å²) in [6.45, 7) is 4.00. The molecule has 0 amide bonds. The van der Waals surface area contributed by atoms with Crippen LogP contribution in [0.5, 0.6) is 0 Å². The number of carbonyl (C=O) groups is 1. The Labute approximate surface area is 116 Å². The maximum Gasteiger partial charge on any atom is 0.137 e. The highest BCUT2D eigenvalue weighted by Crippen LogP contribution is 2.21. The average Bonchev–Trinajstić information content (AvgIpc) is 2.58. The minimum absolute atomic E-state index is 0.261. The molecule has 1 aliphatic rings. The molecule has 0 bridgehead atoms. The number of Topliss-reactive ketones (excluding diaryl/α,β-unsaturated/α-hetero) is 1. The molecule has 1 aromatic rings. The number of ketones is 1. The lowest BCUT2D eigenvalue weighted by Crippen LogP contribution is -2.29. The third kappa shape index (κ3) is 4.17. The van der Waals surface area contributed by atoms with Crippen LogP contribution in [0.2, 0.25) is 0 Å². The van der Waals surface area contributed by atoms with E-state index in [2.05, 4.69) is 43.1 Å². The van der Waals surface area contributed by atoms with Gasteiger partial charge in [0.05, 0.1) is 0 Å². The molecule has 2 heteroatoms. The van der Waals surface area contributed by atoms with E-state index in [4.69, 9.17) is 0 Å². The maximum absolute atomic E-state index is 12.0. The van der Waals surface area contributed by atoms with Crippen molar-refractivity contribution in [1.82, 2.24) is 4.90 Å². The van der Waals surface area contributed by atoms with Crippen molar-refractivity contribution in [2.45, 2.75) is 45.6 Å². The molecule has 0 spiro atoms. The lowest BCUT2D eigenvalue weighted by molar-refractivity contribution is -0.123. The van der Waals surface area contributed by atoms with Crippen LogP contribution in [0.25, 0.3) is 0 Å². The van der Waals surface area contributed by atoms with E-state index in [9.17, 15) is 4.79 Å². The Morgan fingerprint density at radius 3 is 2.79 bits per heavy atom. The van der Waals surface area contributed by atoms with Gasteiger partial charge in [0, 0.05) is 25.4 Å². The second kappa shape index (κ2) is 6.85. The highest BCUT2D eigenvalue weighted by atomic mass is 16.1. The standard InChI is InChI=1S/C17H25NO/c1-14-8-6-7-9-15(14)12-18(2)13-16-10-4-3-5-11-17(16)19/h6-9,16H,3-5,10-13H2,1-2H3. The van der Waals surface area contributed by atoms with Gasteiger partial charge in [-0.1, -0.05) is 37.1 Å². The predicted octanol–water partition coefficient (Wildman–Crippen LogP) is 3.58. The van der Waals surface area contributed by atoms with Crippen molar-refractivity contribution >= 4 is 5.78 Å².